The first-order chi connectivity index (χ1) is 8.31. The maximum Gasteiger partial charge on any atom is 0.109 e. The molecule has 88 valence electrons. The zero-order valence-electron chi connectivity index (χ0n) is 10.0. The Morgan fingerprint density at radius 3 is 3.00 bits per heavy atom. The SMILES string of the molecule is CCCN1C=CC2C(N)=Nc3ccccc3C21. The van der Waals surface area contributed by atoms with Crippen molar-refractivity contribution < 1.29 is 0 Å². The van der Waals surface area contributed by atoms with E-state index >= 15 is 0 Å². The van der Waals surface area contributed by atoms with E-state index in [1.165, 1.54) is 5.56 Å². The number of hydrogen-bond acceptors (Lipinski definition) is 3. The summed E-state index contributed by atoms with van der Waals surface area (Å²) in [7, 11) is 0. The first-order valence-corrected chi connectivity index (χ1v) is 6.18. The van der Waals surface area contributed by atoms with Gasteiger partial charge in [0.2, 0.25) is 0 Å². The van der Waals surface area contributed by atoms with E-state index in [4.69, 9.17) is 5.73 Å². The molecule has 2 N–H and O–H groups in total. The van der Waals surface area contributed by atoms with Crippen LogP contribution in [0.25, 0.3) is 0 Å². The molecular formula is C14H17N3. The first-order valence-electron chi connectivity index (χ1n) is 6.18. The molecule has 0 fully saturated rings. The summed E-state index contributed by atoms with van der Waals surface area (Å²) in [5.74, 6) is 0.986. The number of aliphatic imine (C=N–C) groups is 1. The van der Waals surface area contributed by atoms with Gasteiger partial charge in [-0.3, -0.25) is 0 Å². The van der Waals surface area contributed by atoms with E-state index in [2.05, 4.69) is 41.2 Å². The van der Waals surface area contributed by atoms with E-state index in [0.29, 0.717) is 6.04 Å². The Bertz CT molecular complexity index is 490. The van der Waals surface area contributed by atoms with Crippen LogP contribution in [0.2, 0.25) is 0 Å². The third-order valence-corrected chi connectivity index (χ3v) is 3.51. The molecule has 3 rings (SSSR count). The maximum absolute atomic E-state index is 6.07. The predicted molar refractivity (Wildman–Crippen MR) is 70.1 cm³/mol. The quantitative estimate of drug-likeness (QED) is 0.843. The normalized spacial score (nSPS) is 25.5. The van der Waals surface area contributed by atoms with Crippen molar-refractivity contribution in [3.63, 3.8) is 0 Å². The van der Waals surface area contributed by atoms with Gasteiger partial charge in [0.1, 0.15) is 5.84 Å². The molecule has 0 bridgehead atoms. The summed E-state index contributed by atoms with van der Waals surface area (Å²) in [5, 5.41) is 0. The van der Waals surface area contributed by atoms with E-state index in [0.717, 1.165) is 24.5 Å². The summed E-state index contributed by atoms with van der Waals surface area (Å²) in [6, 6.07) is 8.65. The summed E-state index contributed by atoms with van der Waals surface area (Å²) < 4.78 is 0. The highest BCUT2D eigenvalue weighted by molar-refractivity contribution is 5.90. The van der Waals surface area contributed by atoms with E-state index in [1.54, 1.807) is 0 Å². The lowest BCUT2D eigenvalue weighted by atomic mass is 9.89. The highest BCUT2D eigenvalue weighted by Gasteiger charge is 2.36. The Labute approximate surface area is 102 Å². The van der Waals surface area contributed by atoms with Crippen LogP contribution in [0.4, 0.5) is 5.69 Å². The molecule has 0 saturated heterocycles. The van der Waals surface area contributed by atoms with Gasteiger partial charge in [0, 0.05) is 12.1 Å². The molecule has 1 aromatic carbocycles. The zero-order chi connectivity index (χ0) is 11.8. The predicted octanol–water partition coefficient (Wildman–Crippen LogP) is 2.59. The van der Waals surface area contributed by atoms with Crippen molar-refractivity contribution in [3.05, 3.63) is 42.1 Å². The van der Waals surface area contributed by atoms with Crippen molar-refractivity contribution in [1.29, 1.82) is 0 Å². The molecular weight excluding hydrogens is 210 g/mol. The second-order valence-electron chi connectivity index (χ2n) is 4.65. The molecule has 0 aliphatic carbocycles. The monoisotopic (exact) mass is 227 g/mol. The van der Waals surface area contributed by atoms with Crippen LogP contribution in [0.5, 0.6) is 0 Å². The minimum Gasteiger partial charge on any atom is -0.387 e. The topological polar surface area (TPSA) is 41.6 Å². The second kappa shape index (κ2) is 3.91. The molecule has 0 spiro atoms. The van der Waals surface area contributed by atoms with Gasteiger partial charge in [-0.15, -0.1) is 0 Å². The van der Waals surface area contributed by atoms with Crippen LogP contribution in [-0.4, -0.2) is 17.3 Å². The Morgan fingerprint density at radius 1 is 1.35 bits per heavy atom. The van der Waals surface area contributed by atoms with Gasteiger partial charge in [0.25, 0.3) is 0 Å². The number of para-hydroxylation sites is 1. The van der Waals surface area contributed by atoms with Crippen molar-refractivity contribution in [1.82, 2.24) is 4.90 Å². The Balaban J connectivity index is 2.06. The van der Waals surface area contributed by atoms with Crippen molar-refractivity contribution in [3.8, 4) is 0 Å². The molecule has 2 unspecified atom stereocenters. The third-order valence-electron chi connectivity index (χ3n) is 3.51. The van der Waals surface area contributed by atoms with Crippen molar-refractivity contribution in [2.24, 2.45) is 16.6 Å². The minimum atomic E-state index is 0.247. The highest BCUT2D eigenvalue weighted by atomic mass is 15.2. The Kier molecular flexibility index (Phi) is 2.39. The number of fused-ring (bicyclic) bond motifs is 3. The lowest BCUT2D eigenvalue weighted by molar-refractivity contribution is 0.283. The molecule has 2 atom stereocenters. The fraction of sp³-hybridized carbons (Fsp3) is 0.357. The highest BCUT2D eigenvalue weighted by Crippen LogP contribution is 2.43. The third kappa shape index (κ3) is 1.54. The van der Waals surface area contributed by atoms with Gasteiger partial charge in [-0.25, -0.2) is 4.99 Å². The molecule has 0 radical (unpaired) electrons. The van der Waals surface area contributed by atoms with Crippen molar-refractivity contribution in [2.45, 2.75) is 19.4 Å². The molecule has 3 nitrogen and oxygen atoms in total. The van der Waals surface area contributed by atoms with Gasteiger partial charge < -0.3 is 10.6 Å². The van der Waals surface area contributed by atoms with Gasteiger partial charge in [-0.05, 0) is 18.7 Å². The second-order valence-corrected chi connectivity index (χ2v) is 4.65. The zero-order valence-corrected chi connectivity index (χ0v) is 10.0. The van der Waals surface area contributed by atoms with Crippen LogP contribution in [0.15, 0.2) is 41.5 Å². The van der Waals surface area contributed by atoms with Crippen LogP contribution >= 0.6 is 0 Å². The average molecular weight is 227 g/mol. The minimum absolute atomic E-state index is 0.247. The van der Waals surface area contributed by atoms with Gasteiger partial charge >= 0.3 is 0 Å². The molecule has 0 aromatic heterocycles. The van der Waals surface area contributed by atoms with Gasteiger partial charge in [-0.1, -0.05) is 31.2 Å². The lowest BCUT2D eigenvalue weighted by Gasteiger charge is -2.33. The lowest BCUT2D eigenvalue weighted by Crippen LogP contribution is -2.34. The molecule has 1 aromatic rings. The molecule has 2 aliphatic heterocycles. The van der Waals surface area contributed by atoms with E-state index in [9.17, 15) is 0 Å². The van der Waals surface area contributed by atoms with Crippen molar-refractivity contribution in [2.75, 3.05) is 6.54 Å². The summed E-state index contributed by atoms with van der Waals surface area (Å²) >= 11 is 0. The van der Waals surface area contributed by atoms with Crippen LogP contribution in [0.1, 0.15) is 24.9 Å². The number of amidine groups is 1. The molecule has 0 saturated carbocycles. The standard InChI is InChI=1S/C14H17N3/c1-2-8-17-9-7-11-13(17)10-5-3-4-6-12(10)16-14(11)15/h3-7,9,11,13H,2,8H2,1H3,(H2,15,16). The first kappa shape index (κ1) is 10.4. The van der Waals surface area contributed by atoms with E-state index < -0.39 is 0 Å². The molecule has 17 heavy (non-hydrogen) atoms. The largest absolute Gasteiger partial charge is 0.387 e. The number of rotatable bonds is 2. The van der Waals surface area contributed by atoms with Crippen molar-refractivity contribution >= 4 is 11.5 Å². The fourth-order valence-corrected chi connectivity index (χ4v) is 2.76. The Morgan fingerprint density at radius 2 is 2.18 bits per heavy atom. The van der Waals surface area contributed by atoms with Crippen LogP contribution in [0, 0.1) is 5.92 Å². The van der Waals surface area contributed by atoms with Crippen LogP contribution < -0.4 is 5.73 Å². The van der Waals surface area contributed by atoms with Gasteiger partial charge in [-0.2, -0.15) is 0 Å². The van der Waals surface area contributed by atoms with E-state index in [-0.39, 0.29) is 5.92 Å². The van der Waals surface area contributed by atoms with Gasteiger partial charge in [0.15, 0.2) is 0 Å². The number of nitrogens with two attached hydrogens (primary N) is 1. The summed E-state index contributed by atoms with van der Waals surface area (Å²) in [4.78, 5) is 6.88. The molecule has 2 heterocycles. The number of benzene rings is 1. The summed E-state index contributed by atoms with van der Waals surface area (Å²) in [6.45, 7) is 3.27. The fourth-order valence-electron chi connectivity index (χ4n) is 2.76. The summed E-state index contributed by atoms with van der Waals surface area (Å²) in [5.41, 5.74) is 8.39. The maximum atomic E-state index is 6.07. The average Bonchev–Trinajstić information content (AvgIpc) is 2.75. The molecule has 3 heteroatoms. The number of hydrogen-bond donors (Lipinski definition) is 1. The van der Waals surface area contributed by atoms with Gasteiger partial charge in [0.05, 0.1) is 17.6 Å². The van der Waals surface area contributed by atoms with Crippen LogP contribution in [0.3, 0.4) is 0 Å². The van der Waals surface area contributed by atoms with E-state index in [1.807, 2.05) is 12.1 Å². The number of nitrogens with zero attached hydrogens (tertiary/aromatic N) is 2. The Hall–Kier alpha value is -1.77. The molecule has 2 aliphatic rings. The van der Waals surface area contributed by atoms with Crippen LogP contribution in [-0.2, 0) is 0 Å². The smallest absolute Gasteiger partial charge is 0.109 e. The summed E-state index contributed by atoms with van der Waals surface area (Å²) in [6.07, 6.45) is 5.49. The molecule has 0 amide bonds.